The quantitative estimate of drug-likeness (QED) is 0.749. The summed E-state index contributed by atoms with van der Waals surface area (Å²) in [5, 5.41) is 15.2. The number of aliphatic hydroxyl groups is 1. The Bertz CT molecular complexity index is 446. The lowest BCUT2D eigenvalue weighted by Crippen LogP contribution is -2.40. The number of aliphatic hydroxyl groups excluding tert-OH is 1. The first kappa shape index (κ1) is 16.5. The molecule has 0 radical (unpaired) electrons. The molecule has 1 aromatic carbocycles. The molecule has 0 spiro atoms. The Labute approximate surface area is 121 Å². The van der Waals surface area contributed by atoms with Crippen LogP contribution in [-0.2, 0) is 0 Å². The topological polar surface area (TPSA) is 61.4 Å². The fourth-order valence-corrected chi connectivity index (χ4v) is 2.21. The summed E-state index contributed by atoms with van der Waals surface area (Å²) in [6.07, 6.45) is 1.14. The lowest BCUT2D eigenvalue weighted by molar-refractivity contribution is 0.160. The van der Waals surface area contributed by atoms with Gasteiger partial charge in [-0.3, -0.25) is 0 Å². The van der Waals surface area contributed by atoms with Gasteiger partial charge < -0.3 is 15.7 Å². The predicted octanol–water partition coefficient (Wildman–Crippen LogP) is 2.82. The first-order valence-corrected chi connectivity index (χ1v) is 7.24. The van der Waals surface area contributed by atoms with Crippen molar-refractivity contribution in [2.45, 2.75) is 52.7 Å². The van der Waals surface area contributed by atoms with Gasteiger partial charge in [0, 0.05) is 6.54 Å². The number of amides is 2. The van der Waals surface area contributed by atoms with Gasteiger partial charge in [0.15, 0.2) is 0 Å². The number of urea groups is 1. The van der Waals surface area contributed by atoms with Gasteiger partial charge >= 0.3 is 6.03 Å². The minimum Gasteiger partial charge on any atom is -0.391 e. The number of hydrogen-bond donors (Lipinski definition) is 3. The molecule has 0 saturated heterocycles. The van der Waals surface area contributed by atoms with Crippen molar-refractivity contribution in [2.75, 3.05) is 6.54 Å². The smallest absolute Gasteiger partial charge is 0.315 e. The van der Waals surface area contributed by atoms with Crippen LogP contribution in [0, 0.1) is 13.8 Å². The van der Waals surface area contributed by atoms with Crippen LogP contribution in [-0.4, -0.2) is 23.8 Å². The van der Waals surface area contributed by atoms with E-state index in [0.717, 1.165) is 12.0 Å². The Morgan fingerprint density at radius 3 is 2.70 bits per heavy atom. The van der Waals surface area contributed by atoms with E-state index in [4.69, 9.17) is 0 Å². The molecule has 0 fully saturated rings. The summed E-state index contributed by atoms with van der Waals surface area (Å²) in [4.78, 5) is 11.8. The summed E-state index contributed by atoms with van der Waals surface area (Å²) in [5.41, 5.74) is 3.54. The molecular formula is C16H26N2O2. The highest BCUT2D eigenvalue weighted by Gasteiger charge is 2.13. The van der Waals surface area contributed by atoms with Crippen molar-refractivity contribution in [1.29, 1.82) is 0 Å². The van der Waals surface area contributed by atoms with Gasteiger partial charge in [0.2, 0.25) is 0 Å². The molecule has 3 N–H and O–H groups in total. The average Bonchev–Trinajstić information content (AvgIpc) is 2.40. The van der Waals surface area contributed by atoms with Gasteiger partial charge in [0.1, 0.15) is 0 Å². The third-order valence-electron chi connectivity index (χ3n) is 3.58. The van der Waals surface area contributed by atoms with Crippen LogP contribution >= 0.6 is 0 Å². The third kappa shape index (κ3) is 4.85. The van der Waals surface area contributed by atoms with Gasteiger partial charge in [0.25, 0.3) is 0 Å². The first-order chi connectivity index (χ1) is 9.45. The largest absolute Gasteiger partial charge is 0.391 e. The highest BCUT2D eigenvalue weighted by molar-refractivity contribution is 5.74. The van der Waals surface area contributed by atoms with E-state index >= 15 is 0 Å². The molecule has 2 atom stereocenters. The second kappa shape index (κ2) is 7.90. The van der Waals surface area contributed by atoms with Crippen molar-refractivity contribution >= 4 is 6.03 Å². The molecule has 0 saturated carbocycles. The zero-order valence-corrected chi connectivity index (χ0v) is 12.9. The second-order valence-corrected chi connectivity index (χ2v) is 5.31. The van der Waals surface area contributed by atoms with Gasteiger partial charge in [0.05, 0.1) is 12.1 Å². The number of rotatable bonds is 6. The number of carbonyl (C=O) groups is 1. The zero-order valence-electron chi connectivity index (χ0n) is 12.9. The maximum atomic E-state index is 11.8. The van der Waals surface area contributed by atoms with Crippen LogP contribution in [0.15, 0.2) is 18.2 Å². The van der Waals surface area contributed by atoms with Crippen molar-refractivity contribution in [2.24, 2.45) is 0 Å². The molecule has 1 rings (SSSR count). The van der Waals surface area contributed by atoms with Crippen LogP contribution in [0.4, 0.5) is 4.79 Å². The van der Waals surface area contributed by atoms with Gasteiger partial charge in [-0.25, -0.2) is 4.79 Å². The van der Waals surface area contributed by atoms with E-state index in [0.29, 0.717) is 13.0 Å². The molecule has 20 heavy (non-hydrogen) atoms. The Morgan fingerprint density at radius 1 is 1.35 bits per heavy atom. The molecule has 2 amide bonds. The number of nitrogens with one attached hydrogen (secondary N) is 2. The Kier molecular flexibility index (Phi) is 6.52. The standard InChI is InChI=1S/C16H26N2O2/c1-5-7-14(19)10-17-16(20)18-13(4)15-9-6-8-11(2)12(15)3/h6,8-9,13-14,19H,5,7,10H2,1-4H3,(H2,17,18,20). The lowest BCUT2D eigenvalue weighted by atomic mass is 9.98. The van der Waals surface area contributed by atoms with Gasteiger partial charge in [-0.05, 0) is 43.9 Å². The van der Waals surface area contributed by atoms with Gasteiger partial charge in [-0.2, -0.15) is 0 Å². The van der Waals surface area contributed by atoms with Crippen LogP contribution < -0.4 is 10.6 Å². The molecule has 0 heterocycles. The SMILES string of the molecule is CCCC(O)CNC(=O)NC(C)c1cccc(C)c1C. The monoisotopic (exact) mass is 278 g/mol. The van der Waals surface area contributed by atoms with Crippen LogP contribution in [0.3, 0.4) is 0 Å². The van der Waals surface area contributed by atoms with E-state index in [9.17, 15) is 9.90 Å². The molecule has 0 aromatic heterocycles. The van der Waals surface area contributed by atoms with E-state index < -0.39 is 6.10 Å². The minimum atomic E-state index is -0.471. The Morgan fingerprint density at radius 2 is 2.05 bits per heavy atom. The number of aryl methyl sites for hydroxylation is 1. The van der Waals surface area contributed by atoms with E-state index in [1.54, 1.807) is 0 Å². The summed E-state index contributed by atoms with van der Waals surface area (Å²) in [5.74, 6) is 0. The van der Waals surface area contributed by atoms with E-state index in [2.05, 4.69) is 30.5 Å². The fraction of sp³-hybridized carbons (Fsp3) is 0.562. The lowest BCUT2D eigenvalue weighted by Gasteiger charge is -2.19. The van der Waals surface area contributed by atoms with Gasteiger partial charge in [-0.15, -0.1) is 0 Å². The van der Waals surface area contributed by atoms with Crippen molar-refractivity contribution < 1.29 is 9.90 Å². The molecule has 1 aromatic rings. The Hall–Kier alpha value is -1.55. The van der Waals surface area contributed by atoms with Gasteiger partial charge in [-0.1, -0.05) is 31.5 Å². The summed E-state index contributed by atoms with van der Waals surface area (Å²) < 4.78 is 0. The second-order valence-electron chi connectivity index (χ2n) is 5.31. The van der Waals surface area contributed by atoms with E-state index in [1.807, 2.05) is 26.0 Å². The number of hydrogen-bond acceptors (Lipinski definition) is 2. The summed E-state index contributed by atoms with van der Waals surface area (Å²) in [6, 6.07) is 5.79. The van der Waals surface area contributed by atoms with Crippen LogP contribution in [0.25, 0.3) is 0 Å². The Balaban J connectivity index is 2.51. The maximum absolute atomic E-state index is 11.8. The van der Waals surface area contributed by atoms with Crippen molar-refractivity contribution in [1.82, 2.24) is 10.6 Å². The zero-order chi connectivity index (χ0) is 15.1. The van der Waals surface area contributed by atoms with Crippen molar-refractivity contribution in [3.05, 3.63) is 34.9 Å². The molecule has 0 bridgehead atoms. The summed E-state index contributed by atoms with van der Waals surface area (Å²) in [7, 11) is 0. The molecule has 0 aliphatic rings. The fourth-order valence-electron chi connectivity index (χ4n) is 2.21. The molecule has 2 unspecified atom stereocenters. The normalized spacial score (nSPS) is 13.7. The third-order valence-corrected chi connectivity index (χ3v) is 3.58. The van der Waals surface area contributed by atoms with Crippen LogP contribution in [0.2, 0.25) is 0 Å². The molecule has 4 nitrogen and oxygen atoms in total. The van der Waals surface area contributed by atoms with Crippen LogP contribution in [0.5, 0.6) is 0 Å². The highest BCUT2D eigenvalue weighted by atomic mass is 16.3. The van der Waals surface area contributed by atoms with E-state index in [1.165, 1.54) is 11.1 Å². The first-order valence-electron chi connectivity index (χ1n) is 7.24. The summed E-state index contributed by atoms with van der Waals surface area (Å²) in [6.45, 7) is 8.38. The maximum Gasteiger partial charge on any atom is 0.315 e. The highest BCUT2D eigenvalue weighted by Crippen LogP contribution is 2.19. The van der Waals surface area contributed by atoms with Crippen LogP contribution in [0.1, 0.15) is 49.4 Å². The minimum absolute atomic E-state index is 0.0572. The predicted molar refractivity (Wildman–Crippen MR) is 81.8 cm³/mol. The molecule has 0 aliphatic carbocycles. The van der Waals surface area contributed by atoms with E-state index in [-0.39, 0.29) is 12.1 Å². The number of carbonyl (C=O) groups excluding carboxylic acids is 1. The molecule has 4 heteroatoms. The molecule has 0 aliphatic heterocycles. The number of benzene rings is 1. The molecule has 112 valence electrons. The summed E-state index contributed by atoms with van der Waals surface area (Å²) >= 11 is 0. The van der Waals surface area contributed by atoms with Crippen molar-refractivity contribution in [3.63, 3.8) is 0 Å². The van der Waals surface area contributed by atoms with Crippen molar-refractivity contribution in [3.8, 4) is 0 Å². The molecular weight excluding hydrogens is 252 g/mol. The average molecular weight is 278 g/mol.